The van der Waals surface area contributed by atoms with E-state index in [2.05, 4.69) is 5.10 Å². The molecular formula is C5H6N4O2S. The Hall–Kier alpha value is -1.55. The molecule has 1 rings (SSSR count). The minimum Gasteiger partial charge on any atom is -0.396 e. The number of hydrogen-bond donors (Lipinski definition) is 1. The van der Waals surface area contributed by atoms with Crippen molar-refractivity contribution in [3.8, 4) is 6.07 Å². The van der Waals surface area contributed by atoms with Gasteiger partial charge in [-0.15, -0.1) is 0 Å². The smallest absolute Gasteiger partial charge is 0.267 e. The van der Waals surface area contributed by atoms with Crippen molar-refractivity contribution in [3.05, 3.63) is 12.4 Å². The second kappa shape index (κ2) is 2.83. The quantitative estimate of drug-likeness (QED) is 0.649. The van der Waals surface area contributed by atoms with Gasteiger partial charge in [-0.05, 0) is 0 Å². The van der Waals surface area contributed by atoms with Gasteiger partial charge >= 0.3 is 0 Å². The van der Waals surface area contributed by atoms with Crippen LogP contribution in [-0.2, 0) is 10.0 Å². The molecule has 0 bridgehead atoms. The number of nitriles is 1. The van der Waals surface area contributed by atoms with E-state index in [0.717, 1.165) is 6.20 Å². The molecule has 0 aliphatic rings. The van der Waals surface area contributed by atoms with Gasteiger partial charge in [-0.3, -0.25) is 0 Å². The lowest BCUT2D eigenvalue weighted by Crippen LogP contribution is -2.15. The highest BCUT2D eigenvalue weighted by Crippen LogP contribution is 2.01. The molecule has 0 aliphatic carbocycles. The number of nitrogens with zero attached hydrogens (tertiary/aromatic N) is 3. The molecule has 64 valence electrons. The van der Waals surface area contributed by atoms with Crippen LogP contribution in [0.15, 0.2) is 12.4 Å². The van der Waals surface area contributed by atoms with Crippen molar-refractivity contribution in [2.45, 2.75) is 0 Å². The van der Waals surface area contributed by atoms with Crippen LogP contribution < -0.4 is 5.73 Å². The molecule has 0 fully saturated rings. The molecule has 12 heavy (non-hydrogen) atoms. The Kier molecular flexibility index (Phi) is 2.01. The Balaban J connectivity index is 3.08. The van der Waals surface area contributed by atoms with Crippen LogP contribution >= 0.6 is 0 Å². The number of aromatic nitrogens is 2. The second-order valence-electron chi connectivity index (χ2n) is 2.06. The van der Waals surface area contributed by atoms with Crippen LogP contribution in [0.4, 0.5) is 5.69 Å². The largest absolute Gasteiger partial charge is 0.396 e. The number of rotatable bonds is 2. The van der Waals surface area contributed by atoms with Gasteiger partial charge in [-0.1, -0.05) is 0 Å². The standard InChI is InChI=1S/C5H6N4O2S/c6-1-2-12(10,11)9-4-5(7)3-8-9/h3-4H,2,7H2. The fraction of sp³-hybridized carbons (Fsp3) is 0.200. The molecule has 1 aromatic rings. The van der Waals surface area contributed by atoms with E-state index in [-0.39, 0.29) is 5.69 Å². The van der Waals surface area contributed by atoms with E-state index >= 15 is 0 Å². The molecule has 0 atom stereocenters. The lowest BCUT2D eigenvalue weighted by molar-refractivity contribution is 0.583. The van der Waals surface area contributed by atoms with Crippen LogP contribution in [-0.4, -0.2) is 23.4 Å². The topological polar surface area (TPSA) is 102 Å². The first-order valence-corrected chi connectivity index (χ1v) is 4.57. The van der Waals surface area contributed by atoms with Crippen LogP contribution in [0.5, 0.6) is 0 Å². The summed E-state index contributed by atoms with van der Waals surface area (Å²) in [6.07, 6.45) is 2.35. The average molecular weight is 186 g/mol. The van der Waals surface area contributed by atoms with Gasteiger partial charge in [-0.25, -0.2) is 8.42 Å². The first-order valence-electron chi connectivity index (χ1n) is 2.96. The zero-order chi connectivity index (χ0) is 9.19. The molecule has 0 saturated carbocycles. The van der Waals surface area contributed by atoms with Gasteiger partial charge in [0.15, 0.2) is 5.75 Å². The van der Waals surface area contributed by atoms with Crippen molar-refractivity contribution in [2.75, 3.05) is 11.5 Å². The molecule has 0 aromatic carbocycles. The van der Waals surface area contributed by atoms with Gasteiger partial charge in [-0.2, -0.15) is 14.4 Å². The van der Waals surface area contributed by atoms with E-state index in [9.17, 15) is 8.42 Å². The van der Waals surface area contributed by atoms with Crippen molar-refractivity contribution >= 4 is 15.7 Å². The Labute approximate surface area is 69.3 Å². The summed E-state index contributed by atoms with van der Waals surface area (Å²) in [6.45, 7) is 0. The first-order chi connectivity index (χ1) is 5.56. The van der Waals surface area contributed by atoms with E-state index in [1.54, 1.807) is 0 Å². The number of nitrogens with two attached hydrogens (primary N) is 1. The SMILES string of the molecule is N#CCS(=O)(=O)n1cc(N)cn1. The molecule has 1 aromatic heterocycles. The summed E-state index contributed by atoms with van der Waals surface area (Å²) < 4.78 is 22.8. The minimum atomic E-state index is -3.63. The van der Waals surface area contributed by atoms with Crippen LogP contribution in [0, 0.1) is 11.3 Å². The van der Waals surface area contributed by atoms with E-state index in [1.807, 2.05) is 0 Å². The van der Waals surface area contributed by atoms with Gasteiger partial charge < -0.3 is 5.73 Å². The Morgan fingerprint density at radius 1 is 1.75 bits per heavy atom. The molecule has 0 amide bonds. The van der Waals surface area contributed by atoms with E-state index in [4.69, 9.17) is 11.0 Å². The minimum absolute atomic E-state index is 0.247. The number of anilines is 1. The third-order valence-electron chi connectivity index (χ3n) is 1.11. The first kappa shape index (κ1) is 8.55. The van der Waals surface area contributed by atoms with Gasteiger partial charge in [0, 0.05) is 0 Å². The Morgan fingerprint density at radius 2 is 2.42 bits per heavy atom. The highest BCUT2D eigenvalue weighted by atomic mass is 32.2. The Bertz CT molecular complexity index is 413. The van der Waals surface area contributed by atoms with Gasteiger partial charge in [0.05, 0.1) is 24.2 Å². The highest BCUT2D eigenvalue weighted by Gasteiger charge is 2.12. The molecule has 0 spiro atoms. The average Bonchev–Trinajstić information content (AvgIpc) is 2.36. The van der Waals surface area contributed by atoms with Crippen molar-refractivity contribution < 1.29 is 8.42 Å². The maximum absolute atomic E-state index is 11.1. The summed E-state index contributed by atoms with van der Waals surface area (Å²) >= 11 is 0. The molecule has 6 nitrogen and oxygen atoms in total. The summed E-state index contributed by atoms with van der Waals surface area (Å²) in [7, 11) is -3.63. The lowest BCUT2D eigenvalue weighted by atomic mass is 10.6. The Morgan fingerprint density at radius 3 is 2.83 bits per heavy atom. The zero-order valence-electron chi connectivity index (χ0n) is 6.01. The summed E-state index contributed by atoms with van der Waals surface area (Å²) in [5, 5.41) is 11.6. The normalized spacial score (nSPS) is 10.9. The van der Waals surface area contributed by atoms with Crippen molar-refractivity contribution in [2.24, 2.45) is 0 Å². The predicted octanol–water partition coefficient (Wildman–Crippen LogP) is -0.833. The number of nitrogen functional groups attached to an aromatic ring is 1. The van der Waals surface area contributed by atoms with Gasteiger partial charge in [0.1, 0.15) is 0 Å². The molecule has 0 aliphatic heterocycles. The van der Waals surface area contributed by atoms with Crippen molar-refractivity contribution in [3.63, 3.8) is 0 Å². The fourth-order valence-electron chi connectivity index (χ4n) is 0.618. The van der Waals surface area contributed by atoms with Crippen LogP contribution in [0.3, 0.4) is 0 Å². The lowest BCUT2D eigenvalue weighted by Gasteiger charge is -1.96. The maximum atomic E-state index is 11.1. The maximum Gasteiger partial charge on any atom is 0.267 e. The predicted molar refractivity (Wildman–Crippen MR) is 41.4 cm³/mol. The fourth-order valence-corrected chi connectivity index (χ4v) is 1.39. The van der Waals surface area contributed by atoms with Gasteiger partial charge in [0.25, 0.3) is 10.0 Å². The summed E-state index contributed by atoms with van der Waals surface area (Å²) in [6, 6.07) is 1.53. The van der Waals surface area contributed by atoms with E-state index in [1.165, 1.54) is 12.3 Å². The third-order valence-corrected chi connectivity index (χ3v) is 2.38. The van der Waals surface area contributed by atoms with Crippen LogP contribution in [0.25, 0.3) is 0 Å². The van der Waals surface area contributed by atoms with E-state index < -0.39 is 15.8 Å². The molecule has 0 radical (unpaired) electrons. The molecule has 1 heterocycles. The summed E-state index contributed by atoms with van der Waals surface area (Å²) in [4.78, 5) is 0. The molecular weight excluding hydrogens is 180 g/mol. The molecule has 2 N–H and O–H groups in total. The monoisotopic (exact) mass is 186 g/mol. The van der Waals surface area contributed by atoms with Crippen LogP contribution in [0.2, 0.25) is 0 Å². The third kappa shape index (κ3) is 1.54. The zero-order valence-corrected chi connectivity index (χ0v) is 6.82. The van der Waals surface area contributed by atoms with E-state index in [0.29, 0.717) is 4.09 Å². The van der Waals surface area contributed by atoms with Crippen molar-refractivity contribution in [1.82, 2.24) is 9.19 Å². The number of hydrogen-bond acceptors (Lipinski definition) is 5. The summed E-state index contributed by atoms with van der Waals surface area (Å²) in [5.41, 5.74) is 5.49. The van der Waals surface area contributed by atoms with Crippen LogP contribution in [0.1, 0.15) is 0 Å². The highest BCUT2D eigenvalue weighted by molar-refractivity contribution is 7.90. The molecule has 7 heteroatoms. The second-order valence-corrected chi connectivity index (χ2v) is 3.89. The van der Waals surface area contributed by atoms with Gasteiger partial charge in [0.2, 0.25) is 0 Å². The summed E-state index contributed by atoms with van der Waals surface area (Å²) in [5.74, 6) is -0.603. The molecule has 0 unspecified atom stereocenters. The van der Waals surface area contributed by atoms with Crippen molar-refractivity contribution in [1.29, 1.82) is 5.26 Å². The molecule has 0 saturated heterocycles.